The first kappa shape index (κ1) is 11.7. The molecule has 1 atom stereocenters. The summed E-state index contributed by atoms with van der Waals surface area (Å²) >= 11 is 0. The van der Waals surface area contributed by atoms with Gasteiger partial charge < -0.3 is 14.6 Å². The van der Waals surface area contributed by atoms with Crippen LogP contribution in [0.3, 0.4) is 0 Å². The number of benzene rings is 1. The summed E-state index contributed by atoms with van der Waals surface area (Å²) in [6.45, 7) is 4.22. The molecular weight excluding hydrogens is 192 g/mol. The number of phenolic OH excluding ortho intramolecular Hbond substituents is 1. The fourth-order valence-electron chi connectivity index (χ4n) is 1.49. The van der Waals surface area contributed by atoms with Crippen LogP contribution < -0.4 is 9.47 Å². The molecule has 0 saturated carbocycles. The van der Waals surface area contributed by atoms with Gasteiger partial charge in [-0.3, -0.25) is 0 Å². The second-order valence-electron chi connectivity index (χ2n) is 3.58. The molecule has 0 amide bonds. The fourth-order valence-corrected chi connectivity index (χ4v) is 1.49. The van der Waals surface area contributed by atoms with Crippen LogP contribution in [0.4, 0.5) is 0 Å². The maximum Gasteiger partial charge on any atom is 0.203 e. The smallest absolute Gasteiger partial charge is 0.203 e. The molecule has 3 heteroatoms. The van der Waals surface area contributed by atoms with Gasteiger partial charge in [-0.1, -0.05) is 13.8 Å². The topological polar surface area (TPSA) is 38.7 Å². The molecule has 1 aromatic carbocycles. The SMILES string of the molecule is CC[C@H](C)c1cc(O)c(OC)c(OC)c1. The van der Waals surface area contributed by atoms with Crippen molar-refractivity contribution >= 4 is 0 Å². The molecule has 0 aromatic heterocycles. The van der Waals surface area contributed by atoms with Crippen molar-refractivity contribution in [1.29, 1.82) is 0 Å². The van der Waals surface area contributed by atoms with Crippen molar-refractivity contribution in [3.8, 4) is 17.2 Å². The van der Waals surface area contributed by atoms with Crippen molar-refractivity contribution < 1.29 is 14.6 Å². The fraction of sp³-hybridized carbons (Fsp3) is 0.500. The van der Waals surface area contributed by atoms with E-state index in [1.54, 1.807) is 13.2 Å². The van der Waals surface area contributed by atoms with E-state index in [1.165, 1.54) is 7.11 Å². The van der Waals surface area contributed by atoms with Gasteiger partial charge in [0.05, 0.1) is 14.2 Å². The largest absolute Gasteiger partial charge is 0.504 e. The molecule has 0 fully saturated rings. The van der Waals surface area contributed by atoms with Crippen LogP contribution in [0.5, 0.6) is 17.2 Å². The van der Waals surface area contributed by atoms with Gasteiger partial charge in [-0.05, 0) is 30.0 Å². The number of ether oxygens (including phenoxy) is 2. The average Bonchev–Trinajstić information content (AvgIpc) is 2.26. The summed E-state index contributed by atoms with van der Waals surface area (Å²) in [7, 11) is 3.08. The minimum atomic E-state index is 0.132. The van der Waals surface area contributed by atoms with Gasteiger partial charge in [0, 0.05) is 0 Å². The second-order valence-corrected chi connectivity index (χ2v) is 3.58. The summed E-state index contributed by atoms with van der Waals surface area (Å²) in [5, 5.41) is 9.74. The van der Waals surface area contributed by atoms with Gasteiger partial charge in [-0.25, -0.2) is 0 Å². The predicted octanol–water partition coefficient (Wildman–Crippen LogP) is 2.92. The van der Waals surface area contributed by atoms with E-state index in [0.717, 1.165) is 12.0 Å². The van der Waals surface area contributed by atoms with Crippen LogP contribution in [0.1, 0.15) is 31.7 Å². The maximum absolute atomic E-state index is 9.74. The van der Waals surface area contributed by atoms with Crippen molar-refractivity contribution in [2.45, 2.75) is 26.2 Å². The molecule has 1 aromatic rings. The number of phenols is 1. The first-order valence-corrected chi connectivity index (χ1v) is 5.08. The Kier molecular flexibility index (Phi) is 3.83. The first-order valence-electron chi connectivity index (χ1n) is 5.08. The van der Waals surface area contributed by atoms with Crippen molar-refractivity contribution in [2.24, 2.45) is 0 Å². The Morgan fingerprint density at radius 3 is 2.40 bits per heavy atom. The number of rotatable bonds is 4. The number of hydrogen-bond donors (Lipinski definition) is 1. The van der Waals surface area contributed by atoms with E-state index < -0.39 is 0 Å². The highest BCUT2D eigenvalue weighted by Crippen LogP contribution is 2.39. The van der Waals surface area contributed by atoms with Crippen molar-refractivity contribution in [1.82, 2.24) is 0 Å². The van der Waals surface area contributed by atoms with E-state index >= 15 is 0 Å². The lowest BCUT2D eigenvalue weighted by molar-refractivity contribution is 0.332. The first-order chi connectivity index (χ1) is 7.13. The predicted molar refractivity (Wildman–Crippen MR) is 59.9 cm³/mol. The van der Waals surface area contributed by atoms with Crippen molar-refractivity contribution in [3.05, 3.63) is 17.7 Å². The van der Waals surface area contributed by atoms with E-state index in [1.807, 2.05) is 6.07 Å². The summed E-state index contributed by atoms with van der Waals surface area (Å²) in [5.41, 5.74) is 1.06. The highest BCUT2D eigenvalue weighted by molar-refractivity contribution is 5.53. The lowest BCUT2D eigenvalue weighted by Gasteiger charge is -2.14. The molecule has 0 aliphatic carbocycles. The van der Waals surface area contributed by atoms with Crippen molar-refractivity contribution in [2.75, 3.05) is 14.2 Å². The molecule has 1 rings (SSSR count). The number of methoxy groups -OCH3 is 2. The van der Waals surface area contributed by atoms with Crippen LogP contribution in [0.25, 0.3) is 0 Å². The zero-order valence-electron chi connectivity index (χ0n) is 9.70. The van der Waals surface area contributed by atoms with Crippen molar-refractivity contribution in [3.63, 3.8) is 0 Å². The van der Waals surface area contributed by atoms with Gasteiger partial charge in [-0.2, -0.15) is 0 Å². The Balaban J connectivity index is 3.19. The molecule has 0 radical (unpaired) electrons. The molecule has 84 valence electrons. The third-order valence-electron chi connectivity index (χ3n) is 2.66. The summed E-state index contributed by atoms with van der Waals surface area (Å²) in [4.78, 5) is 0. The molecule has 0 unspecified atom stereocenters. The molecule has 0 heterocycles. The van der Waals surface area contributed by atoms with Gasteiger partial charge in [0.1, 0.15) is 0 Å². The molecule has 0 aliphatic heterocycles. The summed E-state index contributed by atoms with van der Waals surface area (Å²) < 4.78 is 10.2. The van der Waals surface area contributed by atoms with Crippen LogP contribution in [0.2, 0.25) is 0 Å². The molecule has 3 nitrogen and oxygen atoms in total. The lowest BCUT2D eigenvalue weighted by Crippen LogP contribution is -1.96. The molecular formula is C12H18O3. The Hall–Kier alpha value is -1.38. The highest BCUT2D eigenvalue weighted by atomic mass is 16.5. The minimum absolute atomic E-state index is 0.132. The summed E-state index contributed by atoms with van der Waals surface area (Å²) in [6, 6.07) is 3.64. The third kappa shape index (κ3) is 2.35. The van der Waals surface area contributed by atoms with E-state index in [2.05, 4.69) is 13.8 Å². The van der Waals surface area contributed by atoms with Gasteiger partial charge in [0.25, 0.3) is 0 Å². The normalized spacial score (nSPS) is 12.3. The average molecular weight is 210 g/mol. The zero-order valence-corrected chi connectivity index (χ0v) is 9.70. The molecule has 0 aliphatic rings. The van der Waals surface area contributed by atoms with Crippen LogP contribution in [-0.4, -0.2) is 19.3 Å². The Labute approximate surface area is 90.6 Å². The second kappa shape index (κ2) is 4.91. The van der Waals surface area contributed by atoms with Gasteiger partial charge >= 0.3 is 0 Å². The van der Waals surface area contributed by atoms with Gasteiger partial charge in [0.2, 0.25) is 5.75 Å². The van der Waals surface area contributed by atoms with Crippen LogP contribution in [0, 0.1) is 0 Å². The molecule has 1 N–H and O–H groups in total. The summed E-state index contributed by atoms with van der Waals surface area (Å²) in [5.74, 6) is 1.50. The highest BCUT2D eigenvalue weighted by Gasteiger charge is 2.13. The van der Waals surface area contributed by atoms with Crippen LogP contribution in [0.15, 0.2) is 12.1 Å². The zero-order chi connectivity index (χ0) is 11.4. The van der Waals surface area contributed by atoms with Gasteiger partial charge in [0.15, 0.2) is 11.5 Å². The third-order valence-corrected chi connectivity index (χ3v) is 2.66. The van der Waals surface area contributed by atoms with E-state index in [-0.39, 0.29) is 5.75 Å². The molecule has 0 saturated heterocycles. The molecule has 15 heavy (non-hydrogen) atoms. The van der Waals surface area contributed by atoms with E-state index in [9.17, 15) is 5.11 Å². The molecule has 0 bridgehead atoms. The maximum atomic E-state index is 9.74. The van der Waals surface area contributed by atoms with E-state index in [0.29, 0.717) is 17.4 Å². The summed E-state index contributed by atoms with van der Waals surface area (Å²) in [6.07, 6.45) is 1.02. The molecule has 0 spiro atoms. The minimum Gasteiger partial charge on any atom is -0.504 e. The van der Waals surface area contributed by atoms with E-state index in [4.69, 9.17) is 9.47 Å². The Morgan fingerprint density at radius 2 is 1.93 bits per heavy atom. The monoisotopic (exact) mass is 210 g/mol. The Bertz CT molecular complexity index is 334. The lowest BCUT2D eigenvalue weighted by atomic mass is 9.98. The number of aromatic hydroxyl groups is 1. The van der Waals surface area contributed by atoms with Crippen LogP contribution in [-0.2, 0) is 0 Å². The quantitative estimate of drug-likeness (QED) is 0.830. The number of hydrogen-bond acceptors (Lipinski definition) is 3. The van der Waals surface area contributed by atoms with Crippen LogP contribution >= 0.6 is 0 Å². The Morgan fingerprint density at radius 1 is 1.27 bits per heavy atom. The standard InChI is InChI=1S/C12H18O3/c1-5-8(2)9-6-10(13)12(15-4)11(7-9)14-3/h6-8,13H,5H2,1-4H3/t8-/m0/s1. The van der Waals surface area contributed by atoms with Gasteiger partial charge in [-0.15, -0.1) is 0 Å².